The van der Waals surface area contributed by atoms with Crippen molar-refractivity contribution in [3.63, 3.8) is 0 Å². The third-order valence-electron chi connectivity index (χ3n) is 4.29. The van der Waals surface area contributed by atoms with E-state index in [1.54, 1.807) is 24.3 Å². The van der Waals surface area contributed by atoms with Crippen LogP contribution in [0.1, 0.15) is 29.3 Å². The van der Waals surface area contributed by atoms with Crippen molar-refractivity contribution >= 4 is 23.5 Å². The summed E-state index contributed by atoms with van der Waals surface area (Å²) in [7, 11) is 1.34. The molecule has 0 aliphatic heterocycles. The minimum absolute atomic E-state index is 0.0830. The molecule has 6 heteroatoms. The summed E-state index contributed by atoms with van der Waals surface area (Å²) in [5, 5.41) is 7.92. The number of ether oxygens (including phenoxy) is 1. The van der Waals surface area contributed by atoms with Crippen molar-refractivity contribution in [1.29, 1.82) is 0 Å². The first-order valence-electron chi connectivity index (χ1n) is 8.73. The van der Waals surface area contributed by atoms with Gasteiger partial charge in [-0.2, -0.15) is 0 Å². The number of methoxy groups -OCH3 is 1. The molecule has 0 bridgehead atoms. The lowest BCUT2D eigenvalue weighted by molar-refractivity contribution is 0.0602. The molecule has 0 saturated heterocycles. The second kappa shape index (κ2) is 8.73. The molecule has 1 aromatic heterocycles. The summed E-state index contributed by atoms with van der Waals surface area (Å²) in [6.45, 7) is 2.04. The predicted octanol–water partition coefficient (Wildman–Crippen LogP) is 5.21. The summed E-state index contributed by atoms with van der Waals surface area (Å²) in [4.78, 5) is 12.3. The highest BCUT2D eigenvalue weighted by molar-refractivity contribution is 6.30. The summed E-state index contributed by atoms with van der Waals surface area (Å²) in [5.74, 6) is -0.189. The Hall–Kier alpha value is -2.79. The van der Waals surface area contributed by atoms with E-state index >= 15 is 0 Å². The van der Waals surface area contributed by atoms with Crippen molar-refractivity contribution in [2.24, 2.45) is 0 Å². The number of esters is 1. The van der Waals surface area contributed by atoms with E-state index in [1.165, 1.54) is 12.7 Å². The topological polar surface area (TPSA) is 64.4 Å². The second-order valence-corrected chi connectivity index (χ2v) is 6.74. The van der Waals surface area contributed by atoms with E-state index in [0.29, 0.717) is 16.6 Å². The molecule has 0 saturated carbocycles. The number of nitrogens with zero attached hydrogens (tertiary/aromatic N) is 1. The molecule has 140 valence electrons. The third kappa shape index (κ3) is 4.68. The summed E-state index contributed by atoms with van der Waals surface area (Å²) < 4.78 is 10.4. The number of hydrogen-bond donors (Lipinski definition) is 1. The van der Waals surface area contributed by atoms with Gasteiger partial charge in [0, 0.05) is 16.6 Å². The van der Waals surface area contributed by atoms with Gasteiger partial charge in [-0.05, 0) is 37.5 Å². The van der Waals surface area contributed by atoms with Crippen molar-refractivity contribution < 1.29 is 14.1 Å². The fourth-order valence-corrected chi connectivity index (χ4v) is 2.93. The lowest BCUT2D eigenvalue weighted by Gasteiger charge is -2.13. The van der Waals surface area contributed by atoms with Crippen LogP contribution in [0.5, 0.6) is 0 Å². The molecule has 0 amide bonds. The van der Waals surface area contributed by atoms with Crippen LogP contribution in [0, 0.1) is 0 Å². The molecule has 27 heavy (non-hydrogen) atoms. The van der Waals surface area contributed by atoms with Gasteiger partial charge in [-0.3, -0.25) is 0 Å². The Bertz CT molecular complexity index is 892. The van der Waals surface area contributed by atoms with Crippen molar-refractivity contribution in [2.45, 2.75) is 25.8 Å². The van der Waals surface area contributed by atoms with Crippen molar-refractivity contribution in [2.75, 3.05) is 12.4 Å². The molecule has 1 heterocycles. The number of nitrogens with one attached hydrogen (secondary N) is 1. The maximum absolute atomic E-state index is 12.3. The van der Waals surface area contributed by atoms with Crippen LogP contribution < -0.4 is 5.32 Å². The molecular formula is C21H21ClN2O3. The standard InChI is InChI=1S/C21H21ClN2O3/c1-14(8-9-15-6-4-3-5-7-15)23-20-18(21(25)26-2)19(24-27-20)16-10-12-17(22)13-11-16/h3-7,10-14,23H,8-9H2,1-2H3/t14-/m0/s1. The Kier molecular flexibility index (Phi) is 6.14. The summed E-state index contributed by atoms with van der Waals surface area (Å²) >= 11 is 5.94. The Balaban J connectivity index is 1.78. The average Bonchev–Trinajstić information content (AvgIpc) is 3.10. The zero-order valence-electron chi connectivity index (χ0n) is 15.2. The summed E-state index contributed by atoms with van der Waals surface area (Å²) in [6, 6.07) is 17.4. The van der Waals surface area contributed by atoms with Gasteiger partial charge in [0.1, 0.15) is 5.69 Å². The maximum Gasteiger partial charge on any atom is 0.345 e. The van der Waals surface area contributed by atoms with E-state index in [4.69, 9.17) is 20.9 Å². The van der Waals surface area contributed by atoms with Crippen LogP contribution in [0.3, 0.4) is 0 Å². The van der Waals surface area contributed by atoms with Crippen LogP contribution in [-0.2, 0) is 11.2 Å². The Morgan fingerprint density at radius 3 is 2.56 bits per heavy atom. The number of benzene rings is 2. The zero-order valence-corrected chi connectivity index (χ0v) is 16.0. The Morgan fingerprint density at radius 1 is 1.19 bits per heavy atom. The monoisotopic (exact) mass is 384 g/mol. The predicted molar refractivity (Wildman–Crippen MR) is 106 cm³/mol. The first kappa shape index (κ1) is 19.0. The molecule has 5 nitrogen and oxygen atoms in total. The molecule has 0 fully saturated rings. The summed E-state index contributed by atoms with van der Waals surface area (Å²) in [5.41, 5.74) is 2.70. The van der Waals surface area contributed by atoms with E-state index < -0.39 is 5.97 Å². The Morgan fingerprint density at radius 2 is 1.89 bits per heavy atom. The third-order valence-corrected chi connectivity index (χ3v) is 4.54. The van der Waals surface area contributed by atoms with Gasteiger partial charge in [-0.25, -0.2) is 4.79 Å². The number of halogens is 1. The van der Waals surface area contributed by atoms with Gasteiger partial charge in [0.2, 0.25) is 5.88 Å². The molecule has 3 rings (SSSR count). The fraction of sp³-hybridized carbons (Fsp3) is 0.238. The molecule has 0 unspecified atom stereocenters. The van der Waals surface area contributed by atoms with Gasteiger partial charge in [0.15, 0.2) is 5.56 Å². The van der Waals surface area contributed by atoms with Crippen LogP contribution in [-0.4, -0.2) is 24.3 Å². The van der Waals surface area contributed by atoms with E-state index in [-0.39, 0.29) is 11.6 Å². The minimum Gasteiger partial charge on any atom is -0.465 e. The molecule has 0 radical (unpaired) electrons. The number of aryl methyl sites for hydroxylation is 1. The van der Waals surface area contributed by atoms with E-state index in [9.17, 15) is 4.79 Å². The number of carbonyl (C=O) groups excluding carboxylic acids is 1. The highest BCUT2D eigenvalue weighted by atomic mass is 35.5. The quantitative estimate of drug-likeness (QED) is 0.566. The van der Waals surface area contributed by atoms with E-state index in [1.807, 2.05) is 25.1 Å². The number of rotatable bonds is 7. The molecule has 0 aliphatic carbocycles. The highest BCUT2D eigenvalue weighted by Gasteiger charge is 2.25. The van der Waals surface area contributed by atoms with Crippen LogP contribution >= 0.6 is 11.6 Å². The SMILES string of the molecule is COC(=O)c1c(-c2ccc(Cl)cc2)noc1N[C@@H](C)CCc1ccccc1. The van der Waals surface area contributed by atoms with Crippen LogP contribution in [0.25, 0.3) is 11.3 Å². The van der Waals surface area contributed by atoms with Gasteiger partial charge in [0.25, 0.3) is 0 Å². The molecule has 3 aromatic rings. The lowest BCUT2D eigenvalue weighted by Crippen LogP contribution is -2.18. The van der Waals surface area contributed by atoms with Gasteiger partial charge in [0.05, 0.1) is 7.11 Å². The second-order valence-electron chi connectivity index (χ2n) is 6.30. The number of anilines is 1. The molecule has 1 atom stereocenters. The largest absolute Gasteiger partial charge is 0.465 e. The number of hydrogen-bond acceptors (Lipinski definition) is 5. The molecular weight excluding hydrogens is 364 g/mol. The molecule has 1 N–H and O–H groups in total. The Labute approximate surface area is 163 Å². The molecule has 2 aromatic carbocycles. The van der Waals surface area contributed by atoms with Crippen LogP contribution in [0.15, 0.2) is 59.1 Å². The van der Waals surface area contributed by atoms with Gasteiger partial charge < -0.3 is 14.6 Å². The van der Waals surface area contributed by atoms with E-state index in [0.717, 1.165) is 18.4 Å². The van der Waals surface area contributed by atoms with Gasteiger partial charge >= 0.3 is 5.97 Å². The number of carbonyl (C=O) groups is 1. The maximum atomic E-state index is 12.3. The molecule has 0 spiro atoms. The van der Waals surface area contributed by atoms with E-state index in [2.05, 4.69) is 22.6 Å². The molecule has 0 aliphatic rings. The van der Waals surface area contributed by atoms with Crippen molar-refractivity contribution in [3.8, 4) is 11.3 Å². The fourth-order valence-electron chi connectivity index (χ4n) is 2.81. The number of aromatic nitrogens is 1. The summed E-state index contributed by atoms with van der Waals surface area (Å²) in [6.07, 6.45) is 1.79. The minimum atomic E-state index is -0.501. The average molecular weight is 385 g/mol. The van der Waals surface area contributed by atoms with Crippen molar-refractivity contribution in [3.05, 3.63) is 70.7 Å². The normalized spacial score (nSPS) is 11.8. The van der Waals surface area contributed by atoms with Crippen LogP contribution in [0.4, 0.5) is 5.88 Å². The van der Waals surface area contributed by atoms with Gasteiger partial charge in [-0.15, -0.1) is 0 Å². The first-order chi connectivity index (χ1) is 13.1. The first-order valence-corrected chi connectivity index (χ1v) is 9.10. The van der Waals surface area contributed by atoms with Gasteiger partial charge in [-0.1, -0.05) is 59.2 Å². The van der Waals surface area contributed by atoms with Crippen LogP contribution in [0.2, 0.25) is 5.02 Å². The highest BCUT2D eigenvalue weighted by Crippen LogP contribution is 2.31. The smallest absolute Gasteiger partial charge is 0.345 e. The zero-order chi connectivity index (χ0) is 19.2. The van der Waals surface area contributed by atoms with Crippen molar-refractivity contribution in [1.82, 2.24) is 5.16 Å². The lowest BCUT2D eigenvalue weighted by atomic mass is 10.1.